The van der Waals surface area contributed by atoms with E-state index in [0.29, 0.717) is 5.56 Å². The van der Waals surface area contributed by atoms with Crippen LogP contribution in [-0.2, 0) is 0 Å². The summed E-state index contributed by atoms with van der Waals surface area (Å²) in [6.07, 6.45) is 0. The van der Waals surface area contributed by atoms with Gasteiger partial charge in [-0.25, -0.2) is 9.59 Å². The molecule has 2 aliphatic carbocycles. The van der Waals surface area contributed by atoms with Gasteiger partial charge in [0, 0.05) is 5.56 Å². The maximum atomic E-state index is 10.3. The molecule has 0 saturated carbocycles. The lowest BCUT2D eigenvalue weighted by Crippen LogP contribution is -1.93. The van der Waals surface area contributed by atoms with Crippen molar-refractivity contribution >= 4 is 11.9 Å². The molecule has 2 aliphatic rings. The van der Waals surface area contributed by atoms with Crippen molar-refractivity contribution in [1.29, 1.82) is 0 Å². The van der Waals surface area contributed by atoms with E-state index in [1.54, 1.807) is 24.3 Å². The number of hydrogen-bond donors (Lipinski definition) is 2. The lowest BCUT2D eigenvalue weighted by atomic mass is 10.2. The SMILES string of the molecule is O=C(O)c1c[c]ccc1.O=C(O)c1ccc2[c]c1-2. The van der Waals surface area contributed by atoms with E-state index in [1.807, 2.05) is 0 Å². The topological polar surface area (TPSA) is 74.6 Å². The number of carboxylic acid groups (broad SMARTS) is 2. The van der Waals surface area contributed by atoms with Gasteiger partial charge in [0.25, 0.3) is 0 Å². The van der Waals surface area contributed by atoms with Gasteiger partial charge in [0.05, 0.1) is 11.1 Å². The molecular formula is C14H8O4. The van der Waals surface area contributed by atoms with Gasteiger partial charge >= 0.3 is 11.9 Å². The van der Waals surface area contributed by atoms with Crippen molar-refractivity contribution in [2.75, 3.05) is 0 Å². The molecule has 4 heteroatoms. The third kappa shape index (κ3) is 2.55. The van der Waals surface area contributed by atoms with Crippen LogP contribution in [-0.4, -0.2) is 22.2 Å². The highest BCUT2D eigenvalue weighted by molar-refractivity contribution is 6.02. The Hall–Kier alpha value is -2.62. The maximum Gasteiger partial charge on any atom is 0.336 e. The zero-order valence-electron chi connectivity index (χ0n) is 9.18. The quantitative estimate of drug-likeness (QED) is 0.721. The van der Waals surface area contributed by atoms with Gasteiger partial charge < -0.3 is 10.2 Å². The Kier molecular flexibility index (Phi) is 3.10. The molecule has 2 radical (unpaired) electrons. The van der Waals surface area contributed by atoms with Crippen LogP contribution in [0.4, 0.5) is 0 Å². The van der Waals surface area contributed by atoms with E-state index in [1.165, 1.54) is 12.1 Å². The summed E-state index contributed by atoms with van der Waals surface area (Å²) in [5.74, 6) is -1.77. The minimum atomic E-state index is -0.910. The molecule has 88 valence electrons. The van der Waals surface area contributed by atoms with Crippen molar-refractivity contribution in [3.8, 4) is 11.1 Å². The average molecular weight is 240 g/mol. The highest BCUT2D eigenvalue weighted by Gasteiger charge is 2.21. The summed E-state index contributed by atoms with van der Waals surface area (Å²) in [7, 11) is 0. The minimum absolute atomic E-state index is 0.275. The number of benzene rings is 2. The number of hydrogen-bond acceptors (Lipinski definition) is 2. The van der Waals surface area contributed by atoms with Crippen molar-refractivity contribution in [3.63, 3.8) is 0 Å². The fraction of sp³-hybridized carbons (Fsp3) is 0. The second kappa shape index (κ2) is 4.71. The van der Waals surface area contributed by atoms with Gasteiger partial charge in [-0.3, -0.25) is 0 Å². The van der Waals surface area contributed by atoms with E-state index in [9.17, 15) is 9.59 Å². The Morgan fingerprint density at radius 1 is 1.06 bits per heavy atom. The molecule has 0 atom stereocenters. The second-order valence-corrected chi connectivity index (χ2v) is 3.56. The lowest BCUT2D eigenvalue weighted by molar-refractivity contribution is 0.0686. The number of rotatable bonds is 2. The van der Waals surface area contributed by atoms with Crippen LogP contribution in [0.5, 0.6) is 0 Å². The molecule has 0 aliphatic heterocycles. The molecule has 1 aromatic carbocycles. The van der Waals surface area contributed by atoms with Gasteiger partial charge in [-0.05, 0) is 35.9 Å². The fourth-order valence-electron chi connectivity index (χ4n) is 1.40. The molecule has 3 rings (SSSR count). The predicted octanol–water partition coefficient (Wildman–Crippen LogP) is 2.35. The first kappa shape index (κ1) is 11.9. The maximum absolute atomic E-state index is 10.3. The fourth-order valence-corrected chi connectivity index (χ4v) is 1.40. The number of aromatic carboxylic acids is 2. The summed E-state index contributed by atoms with van der Waals surface area (Å²) < 4.78 is 0. The highest BCUT2D eigenvalue weighted by Crippen LogP contribution is 2.36. The van der Waals surface area contributed by atoms with Gasteiger partial charge in [-0.1, -0.05) is 18.2 Å². The van der Waals surface area contributed by atoms with Crippen LogP contribution in [0.3, 0.4) is 0 Å². The summed E-state index contributed by atoms with van der Waals surface area (Å²) in [6.45, 7) is 0. The molecule has 0 amide bonds. The van der Waals surface area contributed by atoms with Crippen LogP contribution in [0.25, 0.3) is 11.1 Å². The van der Waals surface area contributed by atoms with Crippen molar-refractivity contribution in [3.05, 3.63) is 59.7 Å². The Morgan fingerprint density at radius 3 is 2.11 bits per heavy atom. The molecule has 0 aromatic heterocycles. The van der Waals surface area contributed by atoms with Crippen molar-refractivity contribution in [2.24, 2.45) is 0 Å². The summed E-state index contributed by atoms with van der Waals surface area (Å²) in [6, 6.07) is 15.1. The zero-order chi connectivity index (χ0) is 13.1. The molecule has 0 unspecified atom stereocenters. The Balaban J connectivity index is 0.000000134. The molecule has 2 N–H and O–H groups in total. The average Bonchev–Trinajstić information content (AvgIpc) is 3.01. The Bertz CT molecular complexity index is 602. The molecule has 0 fully saturated rings. The van der Waals surface area contributed by atoms with Gasteiger partial charge in [0.15, 0.2) is 0 Å². The Morgan fingerprint density at radius 2 is 1.83 bits per heavy atom. The lowest BCUT2D eigenvalue weighted by Gasteiger charge is -1.87. The van der Waals surface area contributed by atoms with Crippen molar-refractivity contribution < 1.29 is 19.8 Å². The number of carboxylic acids is 2. The standard InChI is InChI=1S/C7H3O2.C7H5O2/c8-7(9)5-2-1-4-3-6(4)5;8-7(9)6-4-2-1-3-5-6/h1-2H,(H,8,9);1-2,4-5H,(H,8,9). The summed E-state index contributed by atoms with van der Waals surface area (Å²) in [5, 5.41) is 16.8. The molecular weight excluding hydrogens is 232 g/mol. The van der Waals surface area contributed by atoms with E-state index in [2.05, 4.69) is 12.1 Å². The summed E-state index contributed by atoms with van der Waals surface area (Å²) >= 11 is 0. The third-order valence-electron chi connectivity index (χ3n) is 2.34. The molecule has 0 bridgehead atoms. The molecule has 18 heavy (non-hydrogen) atoms. The first-order valence-electron chi connectivity index (χ1n) is 5.09. The van der Waals surface area contributed by atoms with Crippen LogP contribution in [0.1, 0.15) is 20.7 Å². The number of fused-ring (bicyclic) bond motifs is 1. The number of carbonyl (C=O) groups is 2. The van der Waals surface area contributed by atoms with Gasteiger partial charge in [-0.15, -0.1) is 0 Å². The van der Waals surface area contributed by atoms with Crippen LogP contribution in [0.2, 0.25) is 0 Å². The van der Waals surface area contributed by atoms with Gasteiger partial charge in [0.1, 0.15) is 0 Å². The second-order valence-electron chi connectivity index (χ2n) is 3.56. The predicted molar refractivity (Wildman–Crippen MR) is 63.5 cm³/mol. The first-order chi connectivity index (χ1) is 8.59. The zero-order valence-corrected chi connectivity index (χ0v) is 9.18. The van der Waals surface area contributed by atoms with E-state index in [-0.39, 0.29) is 5.56 Å². The van der Waals surface area contributed by atoms with Crippen molar-refractivity contribution in [1.82, 2.24) is 0 Å². The van der Waals surface area contributed by atoms with E-state index < -0.39 is 11.9 Å². The normalized spacial score (nSPS) is 10.0. The largest absolute Gasteiger partial charge is 0.478 e. The monoisotopic (exact) mass is 240 g/mol. The smallest absolute Gasteiger partial charge is 0.336 e. The summed E-state index contributed by atoms with van der Waals surface area (Å²) in [5.41, 5.74) is 2.39. The van der Waals surface area contributed by atoms with Gasteiger partial charge in [-0.2, -0.15) is 0 Å². The molecule has 0 heterocycles. The first-order valence-corrected chi connectivity index (χ1v) is 5.09. The molecule has 4 nitrogen and oxygen atoms in total. The van der Waals surface area contributed by atoms with Crippen LogP contribution in [0, 0.1) is 12.1 Å². The van der Waals surface area contributed by atoms with E-state index in [0.717, 1.165) is 11.1 Å². The van der Waals surface area contributed by atoms with Crippen LogP contribution < -0.4 is 0 Å². The minimum Gasteiger partial charge on any atom is -0.478 e. The van der Waals surface area contributed by atoms with E-state index >= 15 is 0 Å². The van der Waals surface area contributed by atoms with Crippen LogP contribution in [0.15, 0.2) is 36.4 Å². The molecule has 1 aromatic rings. The highest BCUT2D eigenvalue weighted by atomic mass is 16.4. The van der Waals surface area contributed by atoms with E-state index in [4.69, 9.17) is 10.2 Å². The van der Waals surface area contributed by atoms with Gasteiger partial charge in [0.2, 0.25) is 0 Å². The molecule has 0 spiro atoms. The summed E-state index contributed by atoms with van der Waals surface area (Å²) in [4.78, 5) is 20.5. The third-order valence-corrected chi connectivity index (χ3v) is 2.34. The van der Waals surface area contributed by atoms with Crippen LogP contribution >= 0.6 is 0 Å². The Labute approximate surface area is 103 Å². The molecule has 0 saturated heterocycles. The van der Waals surface area contributed by atoms with Crippen molar-refractivity contribution in [2.45, 2.75) is 0 Å².